The van der Waals surface area contributed by atoms with E-state index in [-0.39, 0.29) is 17.2 Å². The van der Waals surface area contributed by atoms with Gasteiger partial charge in [0.25, 0.3) is 11.8 Å². The lowest BCUT2D eigenvalue weighted by Crippen LogP contribution is -2.15. The lowest BCUT2D eigenvalue weighted by molar-refractivity contribution is 0.101. The van der Waals surface area contributed by atoms with Crippen LogP contribution < -0.4 is 20.1 Å². The second-order valence-electron chi connectivity index (χ2n) is 8.39. The van der Waals surface area contributed by atoms with Crippen molar-refractivity contribution in [2.24, 2.45) is 0 Å². The van der Waals surface area contributed by atoms with E-state index in [0.717, 1.165) is 5.56 Å². The van der Waals surface area contributed by atoms with E-state index in [4.69, 9.17) is 9.47 Å². The molecule has 3 rings (SSSR count). The number of hydrogen-bond donors (Lipinski definition) is 2. The summed E-state index contributed by atoms with van der Waals surface area (Å²) in [6.45, 7) is 6.39. The van der Waals surface area contributed by atoms with Crippen LogP contribution in [-0.2, 0) is 5.41 Å². The third-order valence-electron chi connectivity index (χ3n) is 5.04. The number of carbonyl (C=O) groups is 2. The molecule has 0 saturated carbocycles. The topological polar surface area (TPSA) is 76.7 Å². The summed E-state index contributed by atoms with van der Waals surface area (Å²) in [6, 6.07) is 19.5. The molecular formula is C26H28N2O4. The summed E-state index contributed by atoms with van der Waals surface area (Å²) in [5.74, 6) is 0.504. The number of amides is 2. The van der Waals surface area contributed by atoms with Crippen molar-refractivity contribution in [3.05, 3.63) is 83.4 Å². The Morgan fingerprint density at radius 3 is 1.75 bits per heavy atom. The third kappa shape index (κ3) is 5.46. The minimum atomic E-state index is -0.299. The summed E-state index contributed by atoms with van der Waals surface area (Å²) in [7, 11) is 3.05. The van der Waals surface area contributed by atoms with Crippen LogP contribution in [0.4, 0.5) is 11.4 Å². The summed E-state index contributed by atoms with van der Waals surface area (Å²) in [5, 5.41) is 5.71. The van der Waals surface area contributed by atoms with Gasteiger partial charge in [-0.15, -0.1) is 0 Å². The molecule has 3 aromatic carbocycles. The number of ether oxygens (including phenoxy) is 2. The van der Waals surface area contributed by atoms with E-state index in [9.17, 15) is 9.59 Å². The van der Waals surface area contributed by atoms with E-state index in [0.29, 0.717) is 34.0 Å². The van der Waals surface area contributed by atoms with Crippen molar-refractivity contribution < 1.29 is 19.1 Å². The van der Waals surface area contributed by atoms with Gasteiger partial charge in [0, 0.05) is 22.5 Å². The lowest BCUT2D eigenvalue weighted by atomic mass is 9.87. The molecule has 2 N–H and O–H groups in total. The van der Waals surface area contributed by atoms with E-state index < -0.39 is 0 Å². The molecule has 0 heterocycles. The molecule has 3 aromatic rings. The van der Waals surface area contributed by atoms with E-state index in [1.54, 1.807) is 42.5 Å². The maximum atomic E-state index is 12.7. The van der Waals surface area contributed by atoms with Crippen molar-refractivity contribution in [1.29, 1.82) is 0 Å². The monoisotopic (exact) mass is 432 g/mol. The second-order valence-corrected chi connectivity index (χ2v) is 8.39. The Bertz CT molecular complexity index is 1120. The molecule has 0 radical (unpaired) electrons. The van der Waals surface area contributed by atoms with E-state index >= 15 is 0 Å². The predicted octanol–water partition coefficient (Wildman–Crippen LogP) is 5.51. The van der Waals surface area contributed by atoms with Crippen LogP contribution in [0, 0.1) is 0 Å². The summed E-state index contributed by atoms with van der Waals surface area (Å²) >= 11 is 0. The van der Waals surface area contributed by atoms with Crippen LogP contribution in [0.1, 0.15) is 47.1 Å². The fraction of sp³-hybridized carbons (Fsp3) is 0.231. The summed E-state index contributed by atoms with van der Waals surface area (Å²) in [4.78, 5) is 25.3. The molecule has 2 amide bonds. The maximum Gasteiger partial charge on any atom is 0.255 e. The number of methoxy groups -OCH3 is 2. The molecule has 0 atom stereocenters. The molecule has 0 fully saturated rings. The maximum absolute atomic E-state index is 12.7. The standard InChI is InChI=1S/C26H28N2O4/c1-26(2,3)19-12-9-17(10-13-19)24(29)27-20-7-6-8-21(16-20)28-25(30)18-11-14-22(31-4)23(15-18)32-5/h6-16H,1-5H3,(H,27,29)(H,28,30). The first-order valence-electron chi connectivity index (χ1n) is 10.3. The van der Waals surface area contributed by atoms with Crippen molar-refractivity contribution in [3.63, 3.8) is 0 Å². The van der Waals surface area contributed by atoms with Gasteiger partial charge in [-0.2, -0.15) is 0 Å². The summed E-state index contributed by atoms with van der Waals surface area (Å²) < 4.78 is 10.5. The van der Waals surface area contributed by atoms with Gasteiger partial charge >= 0.3 is 0 Å². The third-order valence-corrected chi connectivity index (χ3v) is 5.04. The zero-order valence-corrected chi connectivity index (χ0v) is 19.0. The first-order valence-corrected chi connectivity index (χ1v) is 10.3. The Kier molecular flexibility index (Phi) is 6.83. The van der Waals surface area contributed by atoms with Gasteiger partial charge in [0.05, 0.1) is 14.2 Å². The lowest BCUT2D eigenvalue weighted by Gasteiger charge is -2.19. The van der Waals surface area contributed by atoms with Crippen LogP contribution in [0.5, 0.6) is 11.5 Å². The molecule has 6 nitrogen and oxygen atoms in total. The Labute approximate surface area is 188 Å². The average Bonchev–Trinajstić information content (AvgIpc) is 2.78. The van der Waals surface area contributed by atoms with Gasteiger partial charge in [0.15, 0.2) is 11.5 Å². The van der Waals surface area contributed by atoms with Crippen molar-refractivity contribution in [1.82, 2.24) is 0 Å². The Balaban J connectivity index is 1.70. The van der Waals surface area contributed by atoms with E-state index in [1.807, 2.05) is 24.3 Å². The highest BCUT2D eigenvalue weighted by molar-refractivity contribution is 6.06. The van der Waals surface area contributed by atoms with Gasteiger partial charge in [0.1, 0.15) is 0 Å². The Morgan fingerprint density at radius 2 is 1.22 bits per heavy atom. The van der Waals surface area contributed by atoms with Crippen LogP contribution in [0.2, 0.25) is 0 Å². The number of anilines is 2. The van der Waals surface area contributed by atoms with Gasteiger partial charge in [-0.3, -0.25) is 9.59 Å². The number of rotatable bonds is 6. The Hall–Kier alpha value is -3.80. The predicted molar refractivity (Wildman–Crippen MR) is 127 cm³/mol. The quantitative estimate of drug-likeness (QED) is 0.539. The largest absolute Gasteiger partial charge is 0.493 e. The van der Waals surface area contributed by atoms with Crippen LogP contribution in [0.15, 0.2) is 66.7 Å². The van der Waals surface area contributed by atoms with Gasteiger partial charge in [0.2, 0.25) is 0 Å². The van der Waals surface area contributed by atoms with E-state index in [1.165, 1.54) is 14.2 Å². The van der Waals surface area contributed by atoms with Crippen molar-refractivity contribution >= 4 is 23.2 Å². The molecule has 0 aliphatic rings. The fourth-order valence-corrected chi connectivity index (χ4v) is 3.18. The first-order chi connectivity index (χ1) is 15.2. The zero-order valence-electron chi connectivity index (χ0n) is 19.0. The molecule has 166 valence electrons. The summed E-state index contributed by atoms with van der Waals surface area (Å²) in [6.07, 6.45) is 0. The smallest absolute Gasteiger partial charge is 0.255 e. The van der Waals surface area contributed by atoms with Crippen molar-refractivity contribution in [3.8, 4) is 11.5 Å². The second kappa shape index (κ2) is 9.56. The molecule has 6 heteroatoms. The number of hydrogen-bond acceptors (Lipinski definition) is 4. The van der Waals surface area contributed by atoms with Crippen LogP contribution >= 0.6 is 0 Å². The Morgan fingerprint density at radius 1 is 0.688 bits per heavy atom. The highest BCUT2D eigenvalue weighted by Crippen LogP contribution is 2.28. The molecule has 0 saturated heterocycles. The van der Waals surface area contributed by atoms with Crippen molar-refractivity contribution in [2.45, 2.75) is 26.2 Å². The molecular weight excluding hydrogens is 404 g/mol. The van der Waals surface area contributed by atoms with Crippen LogP contribution in [0.3, 0.4) is 0 Å². The molecule has 0 bridgehead atoms. The molecule has 0 unspecified atom stereocenters. The molecule has 0 aromatic heterocycles. The van der Waals surface area contributed by atoms with Gasteiger partial charge < -0.3 is 20.1 Å². The van der Waals surface area contributed by atoms with Crippen LogP contribution in [0.25, 0.3) is 0 Å². The van der Waals surface area contributed by atoms with Gasteiger partial charge in [-0.25, -0.2) is 0 Å². The van der Waals surface area contributed by atoms with Gasteiger partial charge in [-0.1, -0.05) is 39.0 Å². The molecule has 0 aliphatic heterocycles. The highest BCUT2D eigenvalue weighted by Gasteiger charge is 2.15. The highest BCUT2D eigenvalue weighted by atomic mass is 16.5. The van der Waals surface area contributed by atoms with Crippen LogP contribution in [-0.4, -0.2) is 26.0 Å². The minimum absolute atomic E-state index is 0.0233. The fourth-order valence-electron chi connectivity index (χ4n) is 3.18. The normalized spacial score (nSPS) is 10.9. The summed E-state index contributed by atoms with van der Waals surface area (Å²) in [5.41, 5.74) is 3.32. The zero-order chi connectivity index (χ0) is 23.3. The number of benzene rings is 3. The number of carbonyl (C=O) groups excluding carboxylic acids is 2. The minimum Gasteiger partial charge on any atom is -0.493 e. The molecule has 0 spiro atoms. The molecule has 32 heavy (non-hydrogen) atoms. The average molecular weight is 433 g/mol. The van der Waals surface area contributed by atoms with Crippen molar-refractivity contribution in [2.75, 3.05) is 24.9 Å². The number of nitrogens with one attached hydrogen (secondary N) is 2. The molecule has 0 aliphatic carbocycles. The van der Waals surface area contributed by atoms with E-state index in [2.05, 4.69) is 31.4 Å². The van der Waals surface area contributed by atoms with Gasteiger partial charge in [-0.05, 0) is 59.5 Å². The first kappa shape index (κ1) is 22.9. The SMILES string of the molecule is COc1ccc(C(=O)Nc2cccc(NC(=O)c3ccc(C(C)(C)C)cc3)c2)cc1OC.